The summed E-state index contributed by atoms with van der Waals surface area (Å²) >= 11 is 3.20. The molecule has 3 heterocycles. The van der Waals surface area contributed by atoms with Gasteiger partial charge in [-0.25, -0.2) is 0 Å². The summed E-state index contributed by atoms with van der Waals surface area (Å²) in [5.41, 5.74) is 4.11. The molecule has 0 radical (unpaired) electrons. The van der Waals surface area contributed by atoms with Crippen LogP contribution in [0, 0.1) is 0 Å². The number of rotatable bonds is 3. The summed E-state index contributed by atoms with van der Waals surface area (Å²) in [7, 11) is 0. The van der Waals surface area contributed by atoms with Crippen LogP contribution in [-0.4, -0.2) is 22.3 Å². The molecule has 0 bridgehead atoms. The molecule has 0 aromatic heterocycles. The van der Waals surface area contributed by atoms with Crippen LogP contribution >= 0.6 is 23.5 Å². The minimum atomic E-state index is -1.23. The fourth-order valence-electron chi connectivity index (χ4n) is 5.36. The van der Waals surface area contributed by atoms with Crippen molar-refractivity contribution in [2.45, 2.75) is 26.1 Å². The number of hydrogen-bond acceptors (Lipinski definition) is 6. The maximum absolute atomic E-state index is 14.0. The number of carbonyl (C=O) groups is 1. The minimum absolute atomic E-state index is 0.0321. The smallest absolute Gasteiger partial charge is 0.210 e. The van der Waals surface area contributed by atoms with Crippen LogP contribution in [-0.2, 0) is 4.93 Å². The minimum Gasteiger partial charge on any atom is -0.373 e. The van der Waals surface area contributed by atoms with Gasteiger partial charge in [0.05, 0.1) is 11.4 Å². The summed E-state index contributed by atoms with van der Waals surface area (Å²) in [5.74, 6) is -0.0321. The number of aliphatic hydroxyl groups is 1. The Kier molecular flexibility index (Phi) is 5.03. The highest BCUT2D eigenvalue weighted by atomic mass is 32.2. The van der Waals surface area contributed by atoms with E-state index in [4.69, 9.17) is 0 Å². The van der Waals surface area contributed by atoms with E-state index < -0.39 is 4.93 Å². The van der Waals surface area contributed by atoms with Gasteiger partial charge in [0.1, 0.15) is 17.1 Å². The molecule has 3 unspecified atom stereocenters. The van der Waals surface area contributed by atoms with Gasteiger partial charge in [0.25, 0.3) is 0 Å². The molecule has 4 aromatic rings. The van der Waals surface area contributed by atoms with E-state index in [0.29, 0.717) is 11.3 Å². The second-order valence-electron chi connectivity index (χ2n) is 9.04. The number of fused-ring (bicyclic) bond motifs is 7. The highest BCUT2D eigenvalue weighted by molar-refractivity contribution is 8.01. The number of carbonyl (C=O) groups excluding carboxylic acids is 1. The van der Waals surface area contributed by atoms with E-state index >= 15 is 0 Å². The van der Waals surface area contributed by atoms with Crippen molar-refractivity contribution in [2.75, 3.05) is 9.80 Å². The summed E-state index contributed by atoms with van der Waals surface area (Å²) in [6, 6.07) is 35.3. The first-order valence-corrected chi connectivity index (χ1v) is 13.6. The summed E-state index contributed by atoms with van der Waals surface area (Å²) < 4.78 is 0. The van der Waals surface area contributed by atoms with Gasteiger partial charge < -0.3 is 14.9 Å². The Morgan fingerprint density at radius 3 is 2.11 bits per heavy atom. The first kappa shape index (κ1) is 21.8. The van der Waals surface area contributed by atoms with E-state index in [2.05, 4.69) is 28.0 Å². The van der Waals surface area contributed by atoms with Gasteiger partial charge in [-0.2, -0.15) is 0 Å². The van der Waals surface area contributed by atoms with Gasteiger partial charge in [-0.3, -0.25) is 4.79 Å². The third kappa shape index (κ3) is 3.18. The third-order valence-corrected chi connectivity index (χ3v) is 9.65. The predicted molar refractivity (Wildman–Crippen MR) is 146 cm³/mol. The lowest BCUT2D eigenvalue weighted by Crippen LogP contribution is -2.62. The highest BCUT2D eigenvalue weighted by Crippen LogP contribution is 2.60. The number of nitrogens with zero attached hydrogens (tertiary/aromatic N) is 2. The van der Waals surface area contributed by atoms with Crippen LogP contribution in [0.25, 0.3) is 0 Å². The van der Waals surface area contributed by atoms with Gasteiger partial charge in [0.15, 0.2) is 4.93 Å². The first-order valence-electron chi connectivity index (χ1n) is 11.9. The molecule has 3 aliphatic rings. The molecule has 0 saturated heterocycles. The monoisotopic (exact) mass is 506 g/mol. The number of ketones is 1. The van der Waals surface area contributed by atoms with Gasteiger partial charge in [-0.1, -0.05) is 108 Å². The quantitative estimate of drug-likeness (QED) is 0.321. The molecule has 7 rings (SSSR count). The van der Waals surface area contributed by atoms with Gasteiger partial charge in [-0.05, 0) is 29.8 Å². The average molecular weight is 507 g/mol. The Morgan fingerprint density at radius 1 is 0.750 bits per heavy atom. The van der Waals surface area contributed by atoms with Gasteiger partial charge in [0.2, 0.25) is 5.78 Å². The Balaban J connectivity index is 1.48. The van der Waals surface area contributed by atoms with Crippen LogP contribution in [0.15, 0.2) is 131 Å². The number of para-hydroxylation sites is 2. The number of anilines is 2. The van der Waals surface area contributed by atoms with Crippen molar-refractivity contribution in [3.8, 4) is 0 Å². The van der Waals surface area contributed by atoms with Crippen molar-refractivity contribution in [3.05, 3.63) is 132 Å². The third-order valence-electron chi connectivity index (χ3n) is 6.98. The maximum atomic E-state index is 14.0. The van der Waals surface area contributed by atoms with Crippen molar-refractivity contribution < 1.29 is 9.90 Å². The van der Waals surface area contributed by atoms with E-state index in [0.717, 1.165) is 26.7 Å². The molecule has 6 heteroatoms. The molecular formula is C30H22N2O2S2. The lowest BCUT2D eigenvalue weighted by molar-refractivity contribution is 0.0959. The van der Waals surface area contributed by atoms with Gasteiger partial charge in [0, 0.05) is 21.6 Å². The van der Waals surface area contributed by atoms with E-state index in [-0.39, 0.29) is 17.2 Å². The average Bonchev–Trinajstić information content (AvgIpc) is 3.32. The van der Waals surface area contributed by atoms with Gasteiger partial charge in [-0.15, -0.1) is 0 Å². The maximum Gasteiger partial charge on any atom is 0.210 e. The van der Waals surface area contributed by atoms with Crippen LogP contribution in [0.4, 0.5) is 11.4 Å². The van der Waals surface area contributed by atoms with Crippen molar-refractivity contribution in [1.29, 1.82) is 0 Å². The molecule has 36 heavy (non-hydrogen) atoms. The molecule has 0 amide bonds. The molecule has 0 saturated carbocycles. The Bertz CT molecular complexity index is 1510. The zero-order chi connectivity index (χ0) is 24.3. The second-order valence-corrected chi connectivity index (χ2v) is 11.5. The van der Waals surface area contributed by atoms with E-state index in [9.17, 15) is 9.90 Å². The van der Waals surface area contributed by atoms with Crippen molar-refractivity contribution in [3.63, 3.8) is 0 Å². The molecule has 3 aliphatic heterocycles. The van der Waals surface area contributed by atoms with E-state index in [1.165, 1.54) is 11.8 Å². The summed E-state index contributed by atoms with van der Waals surface area (Å²) in [6.45, 7) is 0. The van der Waals surface area contributed by atoms with Gasteiger partial charge >= 0.3 is 0 Å². The number of Topliss-reactive ketones (excluding diaryl/α,β-unsaturated/α-hetero) is 1. The lowest BCUT2D eigenvalue weighted by atomic mass is 9.94. The molecular weight excluding hydrogens is 484 g/mol. The summed E-state index contributed by atoms with van der Waals surface area (Å²) in [5, 5.41) is 12.3. The zero-order valence-corrected chi connectivity index (χ0v) is 20.8. The second kappa shape index (κ2) is 8.30. The Morgan fingerprint density at radius 2 is 1.36 bits per heavy atom. The zero-order valence-electron chi connectivity index (χ0n) is 19.2. The lowest BCUT2D eigenvalue weighted by Gasteiger charge is -2.53. The van der Waals surface area contributed by atoms with Crippen LogP contribution in [0.3, 0.4) is 0 Å². The Labute approximate surface area is 218 Å². The largest absolute Gasteiger partial charge is 0.373 e. The number of thioether (sulfide) groups is 2. The van der Waals surface area contributed by atoms with E-state index in [1.54, 1.807) is 11.8 Å². The predicted octanol–water partition coefficient (Wildman–Crippen LogP) is 6.49. The molecule has 1 N–H and O–H groups in total. The van der Waals surface area contributed by atoms with Crippen molar-refractivity contribution in [1.82, 2.24) is 0 Å². The molecule has 176 valence electrons. The first-order chi connectivity index (χ1) is 17.6. The topological polar surface area (TPSA) is 43.8 Å². The van der Waals surface area contributed by atoms with Crippen LogP contribution in [0.5, 0.6) is 0 Å². The molecule has 4 aromatic carbocycles. The van der Waals surface area contributed by atoms with Crippen molar-refractivity contribution in [2.24, 2.45) is 0 Å². The SMILES string of the molecule is O=C(C1=CN2c3ccccc3SC(O)(c3ccccc3)C2C2Sc3ccccc3N12)c1ccccc1. The molecule has 4 nitrogen and oxygen atoms in total. The van der Waals surface area contributed by atoms with Crippen LogP contribution < -0.4 is 9.80 Å². The van der Waals surface area contributed by atoms with Crippen LogP contribution in [0.2, 0.25) is 0 Å². The fourth-order valence-corrected chi connectivity index (χ4v) is 8.32. The summed E-state index contributed by atoms with van der Waals surface area (Å²) in [4.78, 5) is 19.1. The molecule has 0 aliphatic carbocycles. The number of allylic oxidation sites excluding steroid dienone is 1. The fraction of sp³-hybridized carbons (Fsp3) is 0.100. The standard InChI is InChI=1S/C30H22N2O2S2/c33-27(20-11-3-1-4-12-20)24-19-31-22-15-7-10-18-26(22)36-30(34,21-13-5-2-6-14-21)28(31)29-32(24)23-16-8-9-17-25(23)35-29/h1-19,28-29,34H. The van der Waals surface area contributed by atoms with Crippen LogP contribution in [0.1, 0.15) is 15.9 Å². The number of hydrogen-bond donors (Lipinski definition) is 1. The molecule has 3 atom stereocenters. The molecule has 0 spiro atoms. The summed E-state index contributed by atoms with van der Waals surface area (Å²) in [6.07, 6.45) is 1.95. The van der Waals surface area contributed by atoms with Crippen molar-refractivity contribution >= 4 is 40.7 Å². The molecule has 0 fully saturated rings. The number of benzene rings is 4. The van der Waals surface area contributed by atoms with E-state index in [1.807, 2.05) is 97.2 Å². The highest BCUT2D eigenvalue weighted by Gasteiger charge is 2.57. The Hall–Kier alpha value is -3.45. The normalized spacial score (nSPS) is 23.8.